The Hall–Kier alpha value is -2.08. The van der Waals surface area contributed by atoms with Crippen molar-refractivity contribution >= 4 is 11.8 Å². The zero-order valence-corrected chi connectivity index (χ0v) is 13.8. The number of rotatable bonds is 6. The molecule has 1 heterocycles. The highest BCUT2D eigenvalue weighted by molar-refractivity contribution is 5.80. The Kier molecular flexibility index (Phi) is 5.98. The summed E-state index contributed by atoms with van der Waals surface area (Å²) >= 11 is 0. The van der Waals surface area contributed by atoms with Crippen LogP contribution in [0.15, 0.2) is 24.3 Å². The van der Waals surface area contributed by atoms with Crippen molar-refractivity contribution < 1.29 is 14.3 Å². The second-order valence-corrected chi connectivity index (χ2v) is 6.08. The number of benzene rings is 1. The van der Waals surface area contributed by atoms with Gasteiger partial charge in [-0.15, -0.1) is 0 Å². The molecule has 1 fully saturated rings. The van der Waals surface area contributed by atoms with Gasteiger partial charge in [0.2, 0.25) is 11.8 Å². The van der Waals surface area contributed by atoms with Crippen LogP contribution in [-0.4, -0.2) is 55.4 Å². The standard InChI is InChI=1S/C17H25N3O3/c1-19(11-13-4-3-5-15(10-13)23-2)12-16(21)20-8-6-14(7-9-20)17(18)22/h3-5,10,14H,6-9,11-12H2,1-2H3,(H2,18,22). The lowest BCUT2D eigenvalue weighted by Gasteiger charge is -2.31. The van der Waals surface area contributed by atoms with Crippen molar-refractivity contribution in [3.8, 4) is 5.75 Å². The lowest BCUT2D eigenvalue weighted by Crippen LogP contribution is -2.45. The highest BCUT2D eigenvalue weighted by Crippen LogP contribution is 2.17. The minimum Gasteiger partial charge on any atom is -0.497 e. The number of ether oxygens (including phenoxy) is 1. The average Bonchev–Trinajstić information content (AvgIpc) is 2.54. The van der Waals surface area contributed by atoms with Gasteiger partial charge in [0.05, 0.1) is 13.7 Å². The van der Waals surface area contributed by atoms with E-state index in [1.165, 1.54) is 0 Å². The Labute approximate surface area is 137 Å². The van der Waals surface area contributed by atoms with Crippen LogP contribution in [0.1, 0.15) is 18.4 Å². The number of nitrogens with zero attached hydrogens (tertiary/aromatic N) is 2. The molecule has 1 saturated heterocycles. The normalized spacial score (nSPS) is 15.7. The maximum Gasteiger partial charge on any atom is 0.236 e. The smallest absolute Gasteiger partial charge is 0.236 e. The zero-order chi connectivity index (χ0) is 16.8. The molecule has 0 aromatic heterocycles. The van der Waals surface area contributed by atoms with Crippen LogP contribution in [0.3, 0.4) is 0 Å². The monoisotopic (exact) mass is 319 g/mol. The number of hydrogen-bond donors (Lipinski definition) is 1. The van der Waals surface area contributed by atoms with Crippen LogP contribution >= 0.6 is 0 Å². The molecule has 1 aliphatic heterocycles. The highest BCUT2D eigenvalue weighted by atomic mass is 16.5. The summed E-state index contributed by atoms with van der Waals surface area (Å²) in [6, 6.07) is 7.83. The molecule has 6 heteroatoms. The number of amides is 2. The molecule has 0 atom stereocenters. The summed E-state index contributed by atoms with van der Waals surface area (Å²) in [5.41, 5.74) is 6.42. The Bertz CT molecular complexity index is 554. The predicted molar refractivity (Wildman–Crippen MR) is 87.8 cm³/mol. The Balaban J connectivity index is 1.81. The molecule has 0 unspecified atom stereocenters. The van der Waals surface area contributed by atoms with Crippen LogP contribution in [0, 0.1) is 5.92 Å². The van der Waals surface area contributed by atoms with Gasteiger partial charge in [-0.2, -0.15) is 0 Å². The molecule has 2 N–H and O–H groups in total. The minimum absolute atomic E-state index is 0.0893. The van der Waals surface area contributed by atoms with Crippen LogP contribution in [0.5, 0.6) is 5.75 Å². The maximum absolute atomic E-state index is 12.3. The Morgan fingerprint density at radius 3 is 2.65 bits per heavy atom. The van der Waals surface area contributed by atoms with Crippen LogP contribution in [0.4, 0.5) is 0 Å². The average molecular weight is 319 g/mol. The molecule has 2 amide bonds. The van der Waals surface area contributed by atoms with E-state index < -0.39 is 0 Å². The van der Waals surface area contributed by atoms with E-state index in [0.717, 1.165) is 11.3 Å². The molecule has 0 bridgehead atoms. The summed E-state index contributed by atoms with van der Waals surface area (Å²) in [5, 5.41) is 0. The molecule has 23 heavy (non-hydrogen) atoms. The van der Waals surface area contributed by atoms with Crippen molar-refractivity contribution in [2.24, 2.45) is 11.7 Å². The first-order chi connectivity index (χ1) is 11.0. The summed E-state index contributed by atoms with van der Waals surface area (Å²) in [6.07, 6.45) is 1.33. The van der Waals surface area contributed by atoms with Gasteiger partial charge in [-0.25, -0.2) is 0 Å². The van der Waals surface area contributed by atoms with E-state index in [4.69, 9.17) is 10.5 Å². The number of hydrogen-bond acceptors (Lipinski definition) is 4. The molecule has 0 radical (unpaired) electrons. The van der Waals surface area contributed by atoms with Crippen LogP contribution in [0.25, 0.3) is 0 Å². The molecule has 0 saturated carbocycles. The van der Waals surface area contributed by atoms with Crippen LogP contribution in [0.2, 0.25) is 0 Å². The van der Waals surface area contributed by atoms with Gasteiger partial charge in [-0.3, -0.25) is 14.5 Å². The van der Waals surface area contributed by atoms with Gasteiger partial charge in [-0.05, 0) is 37.6 Å². The molecule has 0 spiro atoms. The first-order valence-corrected chi connectivity index (χ1v) is 7.88. The summed E-state index contributed by atoms with van der Waals surface area (Å²) in [7, 11) is 3.57. The van der Waals surface area contributed by atoms with Gasteiger partial charge >= 0.3 is 0 Å². The fourth-order valence-electron chi connectivity index (χ4n) is 2.88. The zero-order valence-electron chi connectivity index (χ0n) is 13.8. The van der Waals surface area contributed by atoms with E-state index in [2.05, 4.69) is 0 Å². The van der Waals surface area contributed by atoms with E-state index in [1.54, 1.807) is 7.11 Å². The van der Waals surface area contributed by atoms with Crippen molar-refractivity contribution in [1.29, 1.82) is 0 Å². The first-order valence-electron chi connectivity index (χ1n) is 7.88. The highest BCUT2D eigenvalue weighted by Gasteiger charge is 2.26. The third-order valence-electron chi connectivity index (χ3n) is 4.24. The van der Waals surface area contributed by atoms with Crippen molar-refractivity contribution in [1.82, 2.24) is 9.80 Å². The molecule has 0 aliphatic carbocycles. The Morgan fingerprint density at radius 1 is 1.35 bits per heavy atom. The van der Waals surface area contributed by atoms with E-state index in [0.29, 0.717) is 39.0 Å². The Morgan fingerprint density at radius 2 is 2.04 bits per heavy atom. The van der Waals surface area contributed by atoms with Gasteiger partial charge in [0.1, 0.15) is 5.75 Å². The number of carbonyl (C=O) groups is 2. The van der Waals surface area contributed by atoms with Gasteiger partial charge < -0.3 is 15.4 Å². The van der Waals surface area contributed by atoms with Crippen LogP contribution < -0.4 is 10.5 Å². The summed E-state index contributed by atoms with van der Waals surface area (Å²) < 4.78 is 5.21. The molecule has 6 nitrogen and oxygen atoms in total. The molecule has 1 aromatic rings. The molecule has 126 valence electrons. The molecule has 1 aromatic carbocycles. The van der Waals surface area contributed by atoms with Gasteiger partial charge in [0.15, 0.2) is 0 Å². The van der Waals surface area contributed by atoms with E-state index in [-0.39, 0.29) is 17.7 Å². The van der Waals surface area contributed by atoms with Crippen molar-refractivity contribution in [3.05, 3.63) is 29.8 Å². The van der Waals surface area contributed by atoms with Crippen molar-refractivity contribution in [2.75, 3.05) is 33.8 Å². The first kappa shape index (κ1) is 17.3. The van der Waals surface area contributed by atoms with Gasteiger partial charge in [0.25, 0.3) is 0 Å². The third-order valence-corrected chi connectivity index (χ3v) is 4.24. The molecular formula is C17H25N3O3. The predicted octanol–water partition coefficient (Wildman–Crippen LogP) is 0.851. The third kappa shape index (κ3) is 4.96. The van der Waals surface area contributed by atoms with Crippen molar-refractivity contribution in [3.63, 3.8) is 0 Å². The SMILES string of the molecule is COc1cccc(CN(C)CC(=O)N2CCC(C(N)=O)CC2)c1. The largest absolute Gasteiger partial charge is 0.497 e. The number of likely N-dealkylation sites (N-methyl/N-ethyl adjacent to an activating group) is 1. The number of nitrogens with two attached hydrogens (primary N) is 1. The van der Waals surface area contributed by atoms with Crippen molar-refractivity contribution in [2.45, 2.75) is 19.4 Å². The van der Waals surface area contributed by atoms with E-state index in [1.807, 2.05) is 41.1 Å². The van der Waals surface area contributed by atoms with Gasteiger partial charge in [0, 0.05) is 25.6 Å². The molecular weight excluding hydrogens is 294 g/mol. The lowest BCUT2D eigenvalue weighted by atomic mass is 9.96. The number of primary amides is 1. The van der Waals surface area contributed by atoms with E-state index >= 15 is 0 Å². The number of carbonyl (C=O) groups excluding carboxylic acids is 2. The maximum atomic E-state index is 12.3. The quantitative estimate of drug-likeness (QED) is 0.843. The van der Waals surface area contributed by atoms with Crippen LogP contribution in [-0.2, 0) is 16.1 Å². The second-order valence-electron chi connectivity index (χ2n) is 6.08. The topological polar surface area (TPSA) is 75.9 Å². The molecule has 2 rings (SSSR count). The lowest BCUT2D eigenvalue weighted by molar-refractivity contribution is -0.135. The summed E-state index contributed by atoms with van der Waals surface area (Å²) in [5.74, 6) is 0.565. The minimum atomic E-state index is -0.257. The van der Waals surface area contributed by atoms with E-state index in [9.17, 15) is 9.59 Å². The fourth-order valence-corrected chi connectivity index (χ4v) is 2.88. The number of methoxy groups -OCH3 is 1. The summed E-state index contributed by atoms with van der Waals surface area (Å²) in [6.45, 7) is 2.26. The summed E-state index contributed by atoms with van der Waals surface area (Å²) in [4.78, 5) is 27.3. The number of likely N-dealkylation sites (tertiary alicyclic amines) is 1. The second kappa shape index (κ2) is 7.97. The molecule has 1 aliphatic rings. The van der Waals surface area contributed by atoms with Gasteiger partial charge in [-0.1, -0.05) is 12.1 Å². The fraction of sp³-hybridized carbons (Fsp3) is 0.529. The number of piperidine rings is 1.